The zero-order valence-electron chi connectivity index (χ0n) is 15.9. The number of hydrogen-bond acceptors (Lipinski definition) is 4. The summed E-state index contributed by atoms with van der Waals surface area (Å²) in [6, 6.07) is 9.19. The zero-order chi connectivity index (χ0) is 18.1. The number of thiazole rings is 1. The van der Waals surface area contributed by atoms with Crippen molar-refractivity contribution in [2.24, 2.45) is 0 Å². The van der Waals surface area contributed by atoms with Crippen LogP contribution in [0.1, 0.15) is 56.9 Å². The second-order valence-electron chi connectivity index (χ2n) is 8.00. The molecule has 3 heterocycles. The van der Waals surface area contributed by atoms with E-state index in [-0.39, 0.29) is 0 Å². The highest BCUT2D eigenvalue weighted by atomic mass is 32.1. The lowest BCUT2D eigenvalue weighted by molar-refractivity contribution is -0.138. The van der Waals surface area contributed by atoms with Gasteiger partial charge in [0.05, 0.1) is 21.8 Å². The number of piperidine rings is 2. The minimum atomic E-state index is 0.322. The largest absolute Gasteiger partial charge is 0.336 e. The molecule has 2 aliphatic rings. The van der Waals surface area contributed by atoms with Crippen molar-refractivity contribution >= 4 is 27.5 Å². The van der Waals surface area contributed by atoms with Gasteiger partial charge in [-0.25, -0.2) is 4.98 Å². The number of carbonyl (C=O) groups excluding carboxylic acids is 1. The fourth-order valence-electron chi connectivity index (χ4n) is 4.59. The lowest BCUT2D eigenvalue weighted by atomic mass is 9.96. The number of hydrogen-bond donors (Lipinski definition) is 0. The summed E-state index contributed by atoms with van der Waals surface area (Å²) in [7, 11) is 0. The molecule has 2 aromatic rings. The van der Waals surface area contributed by atoms with Crippen molar-refractivity contribution < 1.29 is 4.79 Å². The number of carbonyl (C=O) groups is 1. The van der Waals surface area contributed by atoms with Gasteiger partial charge in [0, 0.05) is 18.0 Å². The van der Waals surface area contributed by atoms with E-state index >= 15 is 0 Å². The molecule has 2 saturated heterocycles. The Morgan fingerprint density at radius 2 is 1.81 bits per heavy atom. The van der Waals surface area contributed by atoms with Crippen LogP contribution >= 0.6 is 11.3 Å². The fourth-order valence-corrected chi connectivity index (χ4v) is 5.73. The minimum absolute atomic E-state index is 0.322. The van der Waals surface area contributed by atoms with Crippen LogP contribution in [0.2, 0.25) is 0 Å². The molecule has 0 N–H and O–H groups in total. The molecular formula is C21H29N3OS. The van der Waals surface area contributed by atoms with Crippen LogP contribution in [0.4, 0.5) is 0 Å². The van der Waals surface area contributed by atoms with Crippen molar-refractivity contribution in [3.8, 4) is 0 Å². The molecule has 0 radical (unpaired) electrons. The number of rotatable bonds is 3. The Bertz CT molecular complexity index is 722. The monoisotopic (exact) mass is 371 g/mol. The molecule has 0 aliphatic carbocycles. The molecule has 2 aliphatic heterocycles. The van der Waals surface area contributed by atoms with Crippen LogP contribution in [0.15, 0.2) is 24.3 Å². The van der Waals surface area contributed by atoms with Crippen LogP contribution in [-0.2, 0) is 4.79 Å². The molecular weight excluding hydrogens is 342 g/mol. The summed E-state index contributed by atoms with van der Waals surface area (Å²) < 4.78 is 1.29. The Morgan fingerprint density at radius 3 is 2.50 bits per heavy atom. The Morgan fingerprint density at radius 1 is 1.12 bits per heavy atom. The zero-order valence-corrected chi connectivity index (χ0v) is 16.7. The van der Waals surface area contributed by atoms with Crippen molar-refractivity contribution in [1.82, 2.24) is 14.8 Å². The molecule has 5 heteroatoms. The predicted octanol–water partition coefficient (Wildman–Crippen LogP) is 4.27. The number of fused-ring (bicyclic) bond motifs is 1. The van der Waals surface area contributed by atoms with Gasteiger partial charge in [0.2, 0.25) is 5.91 Å². The molecule has 4 nitrogen and oxygen atoms in total. The van der Waals surface area contributed by atoms with Crippen LogP contribution < -0.4 is 0 Å². The van der Waals surface area contributed by atoms with E-state index in [2.05, 4.69) is 47.9 Å². The quantitative estimate of drug-likeness (QED) is 0.809. The van der Waals surface area contributed by atoms with Gasteiger partial charge in [0.15, 0.2) is 0 Å². The average Bonchev–Trinajstić information content (AvgIpc) is 3.06. The van der Waals surface area contributed by atoms with E-state index in [9.17, 15) is 4.79 Å². The van der Waals surface area contributed by atoms with E-state index in [1.54, 1.807) is 0 Å². The van der Waals surface area contributed by atoms with Gasteiger partial charge >= 0.3 is 0 Å². The maximum atomic E-state index is 12.8. The first-order chi connectivity index (χ1) is 12.6. The molecule has 0 bridgehead atoms. The first-order valence-corrected chi connectivity index (χ1v) is 10.8. The second-order valence-corrected chi connectivity index (χ2v) is 9.06. The van der Waals surface area contributed by atoms with Crippen molar-refractivity contribution in [3.63, 3.8) is 0 Å². The van der Waals surface area contributed by atoms with E-state index in [0.717, 1.165) is 44.3 Å². The summed E-state index contributed by atoms with van der Waals surface area (Å²) in [6.45, 7) is 6.99. The second kappa shape index (κ2) is 7.65. The number of amides is 1. The number of benzene rings is 1. The normalized spacial score (nSPS) is 25.7. The highest BCUT2D eigenvalue weighted by molar-refractivity contribution is 7.18. The van der Waals surface area contributed by atoms with E-state index < -0.39 is 0 Å². The van der Waals surface area contributed by atoms with E-state index in [4.69, 9.17) is 4.98 Å². The van der Waals surface area contributed by atoms with Crippen molar-refractivity contribution in [1.29, 1.82) is 0 Å². The van der Waals surface area contributed by atoms with Crippen molar-refractivity contribution in [2.75, 3.05) is 19.6 Å². The van der Waals surface area contributed by atoms with Crippen LogP contribution in [0.5, 0.6) is 0 Å². The van der Waals surface area contributed by atoms with E-state index in [0.29, 0.717) is 30.5 Å². The highest BCUT2D eigenvalue weighted by Gasteiger charge is 2.31. The van der Waals surface area contributed by atoms with Gasteiger partial charge in [-0.05, 0) is 71.2 Å². The summed E-state index contributed by atoms with van der Waals surface area (Å²) in [5.41, 5.74) is 1.12. The molecule has 1 aromatic heterocycles. The molecule has 2 atom stereocenters. The topological polar surface area (TPSA) is 36.4 Å². The molecule has 0 unspecified atom stereocenters. The lowest BCUT2D eigenvalue weighted by Crippen LogP contribution is -2.51. The van der Waals surface area contributed by atoms with Gasteiger partial charge in [-0.3, -0.25) is 9.69 Å². The van der Waals surface area contributed by atoms with Crippen LogP contribution in [0, 0.1) is 0 Å². The van der Waals surface area contributed by atoms with Gasteiger partial charge < -0.3 is 4.90 Å². The SMILES string of the molecule is C[C@@H]1CCC[C@H](C)N1C(=O)CN1CCC(c2nc3ccccc3s2)CC1. The van der Waals surface area contributed by atoms with Crippen molar-refractivity contribution in [2.45, 2.75) is 64.0 Å². The summed E-state index contributed by atoms with van der Waals surface area (Å²) in [6.07, 6.45) is 5.77. The first kappa shape index (κ1) is 17.9. The molecule has 4 rings (SSSR count). The molecule has 26 heavy (non-hydrogen) atoms. The third-order valence-electron chi connectivity index (χ3n) is 6.09. The van der Waals surface area contributed by atoms with Crippen LogP contribution in [-0.4, -0.2) is 52.4 Å². The van der Waals surface area contributed by atoms with Gasteiger partial charge in [-0.15, -0.1) is 11.3 Å². The Kier molecular flexibility index (Phi) is 5.28. The molecule has 0 spiro atoms. The molecule has 2 fully saturated rings. The number of likely N-dealkylation sites (tertiary alicyclic amines) is 2. The van der Waals surface area contributed by atoms with Gasteiger partial charge in [-0.2, -0.15) is 0 Å². The third-order valence-corrected chi connectivity index (χ3v) is 7.29. The van der Waals surface area contributed by atoms with Crippen LogP contribution in [0.25, 0.3) is 10.2 Å². The Hall–Kier alpha value is -1.46. The molecule has 1 amide bonds. The lowest BCUT2D eigenvalue weighted by Gasteiger charge is -2.41. The highest BCUT2D eigenvalue weighted by Crippen LogP contribution is 2.34. The smallest absolute Gasteiger partial charge is 0.237 e. The first-order valence-electron chi connectivity index (χ1n) is 10.0. The van der Waals surface area contributed by atoms with Crippen molar-refractivity contribution in [3.05, 3.63) is 29.3 Å². The maximum Gasteiger partial charge on any atom is 0.237 e. The van der Waals surface area contributed by atoms with E-state index in [1.807, 2.05) is 11.3 Å². The summed E-state index contributed by atoms with van der Waals surface area (Å²) >= 11 is 1.84. The summed E-state index contributed by atoms with van der Waals surface area (Å²) in [5.74, 6) is 0.870. The maximum absolute atomic E-state index is 12.8. The number of para-hydroxylation sites is 1. The minimum Gasteiger partial charge on any atom is -0.336 e. The molecule has 140 valence electrons. The fraction of sp³-hybridized carbons (Fsp3) is 0.619. The van der Waals surface area contributed by atoms with Gasteiger partial charge in [0.1, 0.15) is 0 Å². The summed E-state index contributed by atoms with van der Waals surface area (Å²) in [5, 5.41) is 1.27. The predicted molar refractivity (Wildman–Crippen MR) is 108 cm³/mol. The summed E-state index contributed by atoms with van der Waals surface area (Å²) in [4.78, 5) is 22.2. The Labute approximate surface area is 160 Å². The van der Waals surface area contributed by atoms with Gasteiger partial charge in [-0.1, -0.05) is 12.1 Å². The standard InChI is InChI=1S/C21H29N3OS/c1-15-6-5-7-16(2)24(15)20(25)14-23-12-10-17(11-13-23)21-22-18-8-3-4-9-19(18)26-21/h3-4,8-9,15-17H,5-7,10-14H2,1-2H3/t15-,16+. The van der Waals surface area contributed by atoms with Gasteiger partial charge in [0.25, 0.3) is 0 Å². The molecule has 1 aromatic carbocycles. The molecule has 0 saturated carbocycles. The average molecular weight is 372 g/mol. The number of nitrogens with zero attached hydrogens (tertiary/aromatic N) is 3. The number of aromatic nitrogens is 1. The van der Waals surface area contributed by atoms with E-state index in [1.165, 1.54) is 16.1 Å². The Balaban J connectivity index is 1.34. The van der Waals surface area contributed by atoms with Crippen LogP contribution in [0.3, 0.4) is 0 Å². The third kappa shape index (κ3) is 3.65.